The molecule has 1 N–H and O–H groups in total. The van der Waals surface area contributed by atoms with Crippen LogP contribution in [0, 0.1) is 31.6 Å². The maximum absolute atomic E-state index is 11.9. The number of fused-ring (bicyclic) bond motifs is 2. The predicted octanol–water partition coefficient (Wildman–Crippen LogP) is 3.61. The van der Waals surface area contributed by atoms with Crippen molar-refractivity contribution in [2.45, 2.75) is 46.0 Å². The van der Waals surface area contributed by atoms with Crippen LogP contribution in [-0.2, 0) is 14.3 Å². The lowest BCUT2D eigenvalue weighted by atomic mass is 9.86. The fourth-order valence-electron chi connectivity index (χ4n) is 4.06. The summed E-state index contributed by atoms with van der Waals surface area (Å²) in [5, 5.41) is 2.77. The zero-order valence-electron chi connectivity index (χ0n) is 13.9. The Morgan fingerprint density at radius 1 is 1.17 bits per heavy atom. The van der Waals surface area contributed by atoms with Crippen molar-refractivity contribution in [3.8, 4) is 0 Å². The molecule has 1 aromatic carbocycles. The van der Waals surface area contributed by atoms with Gasteiger partial charge in [-0.05, 0) is 74.1 Å². The maximum Gasteiger partial charge on any atom is 0.306 e. The van der Waals surface area contributed by atoms with Crippen molar-refractivity contribution in [1.29, 1.82) is 0 Å². The molecule has 0 aromatic heterocycles. The van der Waals surface area contributed by atoms with Gasteiger partial charge < -0.3 is 10.1 Å². The van der Waals surface area contributed by atoms with Crippen LogP contribution in [0.15, 0.2) is 18.2 Å². The van der Waals surface area contributed by atoms with Crippen LogP contribution in [0.2, 0.25) is 0 Å². The molecule has 0 heterocycles. The van der Waals surface area contributed by atoms with Crippen LogP contribution < -0.4 is 5.32 Å². The molecule has 0 radical (unpaired) electrons. The van der Waals surface area contributed by atoms with Gasteiger partial charge in [-0.3, -0.25) is 9.59 Å². The lowest BCUT2D eigenvalue weighted by Gasteiger charge is -2.20. The first kappa shape index (κ1) is 16.0. The number of amides is 1. The normalized spacial score (nSPS) is 25.4. The fraction of sp³-hybridized carbons (Fsp3) is 0.579. The van der Waals surface area contributed by atoms with E-state index >= 15 is 0 Å². The molecule has 2 fully saturated rings. The molecule has 0 saturated heterocycles. The molecular formula is C19H25NO3. The van der Waals surface area contributed by atoms with E-state index in [0.29, 0.717) is 18.3 Å². The third kappa shape index (κ3) is 3.92. The number of rotatable bonds is 5. The second-order valence-corrected chi connectivity index (χ2v) is 7.15. The minimum Gasteiger partial charge on any atom is -0.456 e. The van der Waals surface area contributed by atoms with Crippen molar-refractivity contribution in [1.82, 2.24) is 0 Å². The molecule has 0 unspecified atom stereocenters. The van der Waals surface area contributed by atoms with Gasteiger partial charge in [0.2, 0.25) is 0 Å². The van der Waals surface area contributed by atoms with Crippen molar-refractivity contribution < 1.29 is 14.3 Å². The van der Waals surface area contributed by atoms with Gasteiger partial charge in [-0.1, -0.05) is 12.5 Å². The van der Waals surface area contributed by atoms with E-state index in [2.05, 4.69) is 5.32 Å². The Bertz CT molecular complexity index is 611. The Morgan fingerprint density at radius 3 is 2.65 bits per heavy atom. The molecule has 0 spiro atoms. The van der Waals surface area contributed by atoms with Crippen molar-refractivity contribution in [2.75, 3.05) is 11.9 Å². The molecule has 2 saturated carbocycles. The number of hydrogen-bond donors (Lipinski definition) is 1. The molecule has 4 heteroatoms. The van der Waals surface area contributed by atoms with E-state index in [9.17, 15) is 9.59 Å². The van der Waals surface area contributed by atoms with Crippen LogP contribution in [0.4, 0.5) is 5.69 Å². The third-order valence-electron chi connectivity index (χ3n) is 5.47. The van der Waals surface area contributed by atoms with Crippen LogP contribution in [0.5, 0.6) is 0 Å². The van der Waals surface area contributed by atoms with Crippen molar-refractivity contribution in [2.24, 2.45) is 17.8 Å². The Hall–Kier alpha value is -1.84. The summed E-state index contributed by atoms with van der Waals surface area (Å²) in [5.41, 5.74) is 3.04. The summed E-state index contributed by atoms with van der Waals surface area (Å²) in [7, 11) is 0. The second kappa shape index (κ2) is 6.73. The summed E-state index contributed by atoms with van der Waals surface area (Å²) in [6.45, 7) is 3.82. The molecule has 2 aliphatic carbocycles. The Kier molecular flexibility index (Phi) is 4.69. The highest BCUT2D eigenvalue weighted by atomic mass is 16.5. The molecular weight excluding hydrogens is 290 g/mol. The minimum absolute atomic E-state index is 0.202. The van der Waals surface area contributed by atoms with Crippen LogP contribution in [0.25, 0.3) is 0 Å². The predicted molar refractivity (Wildman–Crippen MR) is 89.1 cm³/mol. The highest BCUT2D eigenvalue weighted by Crippen LogP contribution is 2.49. The SMILES string of the molecule is Cc1ccc(NC(=O)COC(=O)C[C@H]2C[C@@H]3CC[C@@H]2C3)cc1C. The molecule has 4 nitrogen and oxygen atoms in total. The van der Waals surface area contributed by atoms with E-state index in [1.165, 1.54) is 24.8 Å². The van der Waals surface area contributed by atoms with Crippen molar-refractivity contribution in [3.63, 3.8) is 0 Å². The number of carbonyl (C=O) groups excluding carboxylic acids is 2. The molecule has 124 valence electrons. The molecule has 3 atom stereocenters. The van der Waals surface area contributed by atoms with E-state index in [1.54, 1.807) is 0 Å². The highest BCUT2D eigenvalue weighted by Gasteiger charge is 2.40. The summed E-state index contributed by atoms with van der Waals surface area (Å²) in [5.74, 6) is 1.49. The van der Waals surface area contributed by atoms with Gasteiger partial charge in [0.1, 0.15) is 0 Å². The largest absolute Gasteiger partial charge is 0.456 e. The van der Waals surface area contributed by atoms with E-state index in [-0.39, 0.29) is 18.5 Å². The first-order valence-corrected chi connectivity index (χ1v) is 8.54. The van der Waals surface area contributed by atoms with Gasteiger partial charge >= 0.3 is 5.97 Å². The number of aryl methyl sites for hydroxylation is 2. The number of ether oxygens (including phenoxy) is 1. The molecule has 3 rings (SSSR count). The van der Waals surface area contributed by atoms with Gasteiger partial charge in [0.05, 0.1) is 0 Å². The number of carbonyl (C=O) groups is 2. The second-order valence-electron chi connectivity index (χ2n) is 7.15. The number of anilines is 1. The molecule has 1 aromatic rings. The van der Waals surface area contributed by atoms with E-state index in [1.807, 2.05) is 32.0 Å². The minimum atomic E-state index is -0.283. The summed E-state index contributed by atoms with van der Waals surface area (Å²) < 4.78 is 5.15. The number of nitrogens with one attached hydrogen (secondary N) is 1. The molecule has 0 aliphatic heterocycles. The Balaban J connectivity index is 1.41. The topological polar surface area (TPSA) is 55.4 Å². The monoisotopic (exact) mass is 315 g/mol. The van der Waals surface area contributed by atoms with Gasteiger partial charge in [0.25, 0.3) is 5.91 Å². The standard InChI is InChI=1S/C19H25NO3/c1-12-3-6-17(7-13(12)2)20-18(21)11-23-19(22)10-16-9-14-4-5-15(16)8-14/h3,6-7,14-16H,4-5,8-11H2,1-2H3,(H,20,21)/t14-,15-,16-/m1/s1. The van der Waals surface area contributed by atoms with E-state index in [4.69, 9.17) is 4.74 Å². The zero-order chi connectivity index (χ0) is 16.4. The first-order valence-electron chi connectivity index (χ1n) is 8.54. The number of esters is 1. The number of benzene rings is 1. The van der Waals surface area contributed by atoms with Gasteiger partial charge in [0, 0.05) is 12.1 Å². The highest BCUT2D eigenvalue weighted by molar-refractivity contribution is 5.92. The third-order valence-corrected chi connectivity index (χ3v) is 5.47. The summed E-state index contributed by atoms with van der Waals surface area (Å²) >= 11 is 0. The molecule has 2 bridgehead atoms. The number of hydrogen-bond acceptors (Lipinski definition) is 3. The summed E-state index contributed by atoms with van der Waals surface area (Å²) in [6.07, 6.45) is 5.50. The van der Waals surface area contributed by atoms with E-state index in [0.717, 1.165) is 23.6 Å². The average Bonchev–Trinajstić information content (AvgIpc) is 3.12. The van der Waals surface area contributed by atoms with Gasteiger partial charge in [-0.2, -0.15) is 0 Å². The van der Waals surface area contributed by atoms with Crippen molar-refractivity contribution in [3.05, 3.63) is 29.3 Å². The maximum atomic E-state index is 11.9. The lowest BCUT2D eigenvalue weighted by Crippen LogP contribution is -2.23. The van der Waals surface area contributed by atoms with E-state index < -0.39 is 0 Å². The van der Waals surface area contributed by atoms with Crippen LogP contribution in [0.1, 0.15) is 43.2 Å². The quantitative estimate of drug-likeness (QED) is 0.845. The summed E-state index contributed by atoms with van der Waals surface area (Å²) in [6, 6.07) is 5.74. The zero-order valence-corrected chi connectivity index (χ0v) is 13.9. The average molecular weight is 315 g/mol. The fourth-order valence-corrected chi connectivity index (χ4v) is 4.06. The van der Waals surface area contributed by atoms with Gasteiger partial charge in [0.15, 0.2) is 6.61 Å². The molecule has 23 heavy (non-hydrogen) atoms. The van der Waals surface area contributed by atoms with Crippen LogP contribution in [-0.4, -0.2) is 18.5 Å². The van der Waals surface area contributed by atoms with Gasteiger partial charge in [-0.15, -0.1) is 0 Å². The van der Waals surface area contributed by atoms with Gasteiger partial charge in [-0.25, -0.2) is 0 Å². The molecule has 1 amide bonds. The summed E-state index contributed by atoms with van der Waals surface area (Å²) in [4.78, 5) is 23.8. The van der Waals surface area contributed by atoms with Crippen LogP contribution in [0.3, 0.4) is 0 Å². The Labute approximate surface area is 137 Å². The smallest absolute Gasteiger partial charge is 0.306 e. The molecule has 2 aliphatic rings. The first-order chi connectivity index (χ1) is 11.0. The Morgan fingerprint density at radius 2 is 2.00 bits per heavy atom. The van der Waals surface area contributed by atoms with Crippen molar-refractivity contribution >= 4 is 17.6 Å². The lowest BCUT2D eigenvalue weighted by molar-refractivity contribution is -0.148. The van der Waals surface area contributed by atoms with Crippen LogP contribution >= 0.6 is 0 Å².